The van der Waals surface area contributed by atoms with Crippen molar-refractivity contribution in [1.82, 2.24) is 13.9 Å². The maximum atomic E-state index is 12.5. The Morgan fingerprint density at radius 2 is 2.06 bits per heavy atom. The Bertz CT molecular complexity index is 1190. The predicted octanol–water partition coefficient (Wildman–Crippen LogP) is 2.62. The number of aromatic nitrogens is 2. The van der Waals surface area contributed by atoms with E-state index in [2.05, 4.69) is 36.8 Å². The van der Waals surface area contributed by atoms with Crippen LogP contribution < -0.4 is 10.6 Å². The van der Waals surface area contributed by atoms with Crippen molar-refractivity contribution in [3.8, 4) is 0 Å². The minimum atomic E-state index is -0.561. The smallest absolute Gasteiger partial charge is 0.394 e. The summed E-state index contributed by atoms with van der Waals surface area (Å²) < 4.78 is 6.73. The van der Waals surface area contributed by atoms with Crippen LogP contribution in [0.5, 0.6) is 0 Å². The van der Waals surface area contributed by atoms with Gasteiger partial charge in [0.2, 0.25) is 0 Å². The number of carbonyl (C=O) groups excluding carboxylic acids is 2. The van der Waals surface area contributed by atoms with Crippen molar-refractivity contribution >= 4 is 45.6 Å². The second kappa shape index (κ2) is 10.6. The van der Waals surface area contributed by atoms with Gasteiger partial charge in [0.25, 0.3) is 0 Å². The summed E-state index contributed by atoms with van der Waals surface area (Å²) in [7, 11) is 0. The number of aliphatic hydroxyl groups excluding tert-OH is 1. The van der Waals surface area contributed by atoms with Crippen molar-refractivity contribution in [3.63, 3.8) is 0 Å². The topological polar surface area (TPSA) is 117 Å². The third kappa shape index (κ3) is 5.20. The first kappa shape index (κ1) is 23.7. The molecule has 0 saturated carbocycles. The third-order valence-corrected chi connectivity index (χ3v) is 6.11. The van der Waals surface area contributed by atoms with Crippen molar-refractivity contribution in [3.05, 3.63) is 77.0 Å². The number of carbonyl (C=O) groups is 2. The van der Waals surface area contributed by atoms with Crippen LogP contribution in [0.3, 0.4) is 0 Å². The zero-order valence-electron chi connectivity index (χ0n) is 18.5. The van der Waals surface area contributed by atoms with Gasteiger partial charge in [-0.1, -0.05) is 30.3 Å². The number of hydrogen-bond acceptors (Lipinski definition) is 8. The number of amides is 1. The van der Waals surface area contributed by atoms with Gasteiger partial charge in [-0.15, -0.1) is 0 Å². The molecule has 1 unspecified atom stereocenters. The van der Waals surface area contributed by atoms with Crippen LogP contribution in [0, 0.1) is 0 Å². The van der Waals surface area contributed by atoms with Crippen LogP contribution in [0.15, 0.2) is 54.7 Å². The quantitative estimate of drug-likeness (QED) is 0.304. The zero-order valence-corrected chi connectivity index (χ0v) is 20.2. The van der Waals surface area contributed by atoms with Crippen LogP contribution in [0.25, 0.3) is 0 Å². The van der Waals surface area contributed by atoms with Crippen molar-refractivity contribution in [2.45, 2.75) is 19.4 Å². The van der Waals surface area contributed by atoms with Crippen LogP contribution in [0.2, 0.25) is 0 Å². The molecular formula is C24H24N5O4Se. The molecule has 1 aromatic heterocycles. The number of esters is 1. The molecule has 0 saturated heterocycles. The molecule has 0 spiro atoms. The molecule has 0 fully saturated rings. The van der Waals surface area contributed by atoms with E-state index in [-0.39, 0.29) is 36.5 Å². The number of hydrogen-bond donors (Lipinski definition) is 3. The second-order valence-corrected chi connectivity index (χ2v) is 8.55. The molecule has 1 atom stereocenters. The molecule has 0 bridgehead atoms. The van der Waals surface area contributed by atoms with Crippen LogP contribution in [0.1, 0.15) is 44.8 Å². The molecule has 10 heteroatoms. The maximum absolute atomic E-state index is 12.5. The second-order valence-electron chi connectivity index (χ2n) is 7.62. The van der Waals surface area contributed by atoms with Crippen molar-refractivity contribution < 1.29 is 19.4 Å². The molecule has 3 N–H and O–H groups in total. The van der Waals surface area contributed by atoms with Gasteiger partial charge in [0, 0.05) is 0 Å². The normalized spacial score (nSPS) is 13.7. The van der Waals surface area contributed by atoms with Crippen molar-refractivity contribution in [1.29, 1.82) is 0 Å². The molecule has 4 rings (SSSR count). The van der Waals surface area contributed by atoms with E-state index in [1.807, 2.05) is 36.4 Å². The first-order valence-electron chi connectivity index (χ1n) is 10.9. The molecule has 2 heterocycles. The van der Waals surface area contributed by atoms with E-state index >= 15 is 0 Å². The van der Waals surface area contributed by atoms with Crippen molar-refractivity contribution in [2.24, 2.45) is 0 Å². The van der Waals surface area contributed by atoms with Crippen LogP contribution in [-0.2, 0) is 11.2 Å². The molecule has 1 aliphatic rings. The van der Waals surface area contributed by atoms with E-state index in [4.69, 9.17) is 4.74 Å². The minimum absolute atomic E-state index is 0.0507. The van der Waals surface area contributed by atoms with Crippen molar-refractivity contribution in [2.75, 3.05) is 30.4 Å². The molecule has 175 valence electrons. The number of benzene rings is 2. The molecule has 34 heavy (non-hydrogen) atoms. The van der Waals surface area contributed by atoms with E-state index in [9.17, 15) is 14.7 Å². The number of nitrogens with one attached hydrogen (secondary N) is 2. The van der Waals surface area contributed by atoms with Crippen LogP contribution in [-0.4, -0.2) is 66.9 Å². The zero-order chi connectivity index (χ0) is 24.1. The Hall–Kier alpha value is -3.46. The van der Waals surface area contributed by atoms with E-state index in [0.29, 0.717) is 12.1 Å². The van der Waals surface area contributed by atoms with E-state index in [1.54, 1.807) is 23.0 Å². The van der Waals surface area contributed by atoms with Gasteiger partial charge in [-0.2, -0.15) is 0 Å². The fraction of sp³-hybridized carbons (Fsp3) is 0.250. The Balaban J connectivity index is 1.63. The van der Waals surface area contributed by atoms with E-state index in [0.717, 1.165) is 23.2 Å². The van der Waals surface area contributed by atoms with E-state index in [1.165, 1.54) is 6.20 Å². The van der Waals surface area contributed by atoms with Gasteiger partial charge in [-0.05, 0) is 12.5 Å². The summed E-state index contributed by atoms with van der Waals surface area (Å²) in [4.78, 5) is 33.6. The fourth-order valence-electron chi connectivity index (χ4n) is 3.67. The third-order valence-electron chi connectivity index (χ3n) is 5.38. The first-order chi connectivity index (χ1) is 16.5. The van der Waals surface area contributed by atoms with Gasteiger partial charge in [-0.25, -0.2) is 4.79 Å². The predicted molar refractivity (Wildman–Crippen MR) is 128 cm³/mol. The van der Waals surface area contributed by atoms with Gasteiger partial charge in [0.1, 0.15) is 0 Å². The van der Waals surface area contributed by atoms with Gasteiger partial charge >= 0.3 is 135 Å². The molecule has 1 radical (unpaired) electrons. The fourth-order valence-corrected chi connectivity index (χ4v) is 4.07. The molecule has 2 aromatic carbocycles. The molecular weight excluding hydrogens is 501 g/mol. The molecule has 9 nitrogen and oxygen atoms in total. The summed E-state index contributed by atoms with van der Waals surface area (Å²) in [5.41, 5.74) is 3.32. The van der Waals surface area contributed by atoms with Gasteiger partial charge in [0.05, 0.1) is 13.2 Å². The Labute approximate surface area is 205 Å². The average Bonchev–Trinajstić information content (AvgIpc) is 2.85. The molecule has 1 aliphatic heterocycles. The standard InChI is InChI=1S/C24H24N5O4Se/c1-2-33-23(32)19-13-25-24(28-21(19)27-20(14-30)15-6-4-3-5-7-15)26-17-8-9-18-16(12-17)10-11-29(34)22(18)31/h3-9,12-13,20,30H,2,10-11,14H2,1H3,(H2,25,26,27,28). The number of fused-ring (bicyclic) bond motifs is 1. The summed E-state index contributed by atoms with van der Waals surface area (Å²) in [6.07, 6.45) is 2.12. The number of anilines is 3. The van der Waals surface area contributed by atoms with Gasteiger partial charge < -0.3 is 9.84 Å². The SMILES string of the molecule is CCOC(=O)c1cnc(Nc2ccc3c(c2)CCN([Se])C3=O)nc1NC(CO)c1ccccc1. The number of aliphatic hydroxyl groups is 1. The van der Waals surface area contributed by atoms with Crippen LogP contribution >= 0.6 is 0 Å². The molecule has 1 amide bonds. The monoisotopic (exact) mass is 526 g/mol. The number of ether oxygens (including phenoxy) is 1. The van der Waals surface area contributed by atoms with Crippen LogP contribution in [0.4, 0.5) is 17.5 Å². The Kier molecular flexibility index (Phi) is 7.42. The summed E-state index contributed by atoms with van der Waals surface area (Å²) >= 11 is 2.77. The Morgan fingerprint density at radius 1 is 1.26 bits per heavy atom. The molecule has 3 aromatic rings. The first-order valence-corrected chi connectivity index (χ1v) is 11.6. The summed E-state index contributed by atoms with van der Waals surface area (Å²) in [6.45, 7) is 2.33. The van der Waals surface area contributed by atoms with Gasteiger partial charge in [0.15, 0.2) is 0 Å². The minimum Gasteiger partial charge on any atom is -0.394 e. The molecule has 0 aliphatic carbocycles. The van der Waals surface area contributed by atoms with E-state index < -0.39 is 12.0 Å². The number of rotatable bonds is 8. The number of nitrogens with zero attached hydrogens (tertiary/aromatic N) is 3. The summed E-state index contributed by atoms with van der Waals surface area (Å²) in [5, 5.41) is 16.2. The van der Waals surface area contributed by atoms with Gasteiger partial charge in [-0.3, -0.25) is 0 Å². The summed E-state index contributed by atoms with van der Waals surface area (Å²) in [5.74, 6) is -0.114. The summed E-state index contributed by atoms with van der Waals surface area (Å²) in [6, 6.07) is 14.3. The average molecular weight is 525 g/mol. The Morgan fingerprint density at radius 3 is 2.79 bits per heavy atom.